The molecule has 3 aromatic rings. The Bertz CT molecular complexity index is 1030. The number of methoxy groups -OCH3 is 1. The molecule has 0 unspecified atom stereocenters. The fourth-order valence-electron chi connectivity index (χ4n) is 3.14. The summed E-state index contributed by atoms with van der Waals surface area (Å²) in [6.45, 7) is 0.837. The number of rotatable bonds is 9. The average molecular weight is 411 g/mol. The maximum atomic E-state index is 12.7. The molecule has 1 saturated carbocycles. The van der Waals surface area contributed by atoms with Crippen LogP contribution in [0.2, 0.25) is 0 Å². The molecule has 1 amide bonds. The minimum atomic E-state index is -0.161. The standard InChI is InChI=1S/C20H25N7O3/c1-21-17-11-16(25-15-7-4-8-22-20(15)30-10-9-29-2)26-18-14(12-23-27(17)18)19(28)24-13-5-3-6-13/h4,7-8,11-13,21H,3,5-6,9-10H2,1-2H3,(H,24,28)(H,25,26). The van der Waals surface area contributed by atoms with E-state index in [0.29, 0.717) is 47.6 Å². The molecule has 1 aliphatic rings. The van der Waals surface area contributed by atoms with Gasteiger partial charge in [0, 0.05) is 32.5 Å². The number of hydrogen-bond acceptors (Lipinski definition) is 8. The van der Waals surface area contributed by atoms with Gasteiger partial charge in [-0.1, -0.05) is 0 Å². The second-order valence-corrected chi connectivity index (χ2v) is 6.99. The Balaban J connectivity index is 1.63. The highest BCUT2D eigenvalue weighted by Crippen LogP contribution is 2.27. The average Bonchev–Trinajstić information content (AvgIpc) is 3.15. The van der Waals surface area contributed by atoms with E-state index in [1.165, 1.54) is 0 Å². The predicted octanol–water partition coefficient (Wildman–Crippen LogP) is 2.22. The van der Waals surface area contributed by atoms with Gasteiger partial charge in [-0.3, -0.25) is 4.79 Å². The van der Waals surface area contributed by atoms with E-state index in [1.54, 1.807) is 43.2 Å². The highest BCUT2D eigenvalue weighted by atomic mass is 16.5. The van der Waals surface area contributed by atoms with Gasteiger partial charge in [0.25, 0.3) is 5.91 Å². The van der Waals surface area contributed by atoms with Crippen LogP contribution in [0.1, 0.15) is 29.6 Å². The molecule has 3 N–H and O–H groups in total. The molecule has 10 nitrogen and oxygen atoms in total. The summed E-state index contributed by atoms with van der Waals surface area (Å²) in [5, 5.41) is 13.7. The molecule has 0 spiro atoms. The molecular weight excluding hydrogens is 386 g/mol. The first-order chi connectivity index (χ1) is 14.7. The van der Waals surface area contributed by atoms with Crippen LogP contribution >= 0.6 is 0 Å². The second kappa shape index (κ2) is 8.95. The van der Waals surface area contributed by atoms with Gasteiger partial charge in [-0.15, -0.1) is 0 Å². The number of nitrogens with zero attached hydrogens (tertiary/aromatic N) is 4. The van der Waals surface area contributed by atoms with Gasteiger partial charge in [0.1, 0.15) is 29.5 Å². The lowest BCUT2D eigenvalue weighted by molar-refractivity contribution is 0.0918. The Kier molecular flexibility index (Phi) is 5.94. The van der Waals surface area contributed by atoms with Crippen LogP contribution in [0.25, 0.3) is 5.65 Å². The Labute approximate surface area is 174 Å². The van der Waals surface area contributed by atoms with Crippen molar-refractivity contribution >= 4 is 28.9 Å². The van der Waals surface area contributed by atoms with Crippen LogP contribution in [-0.2, 0) is 4.74 Å². The molecule has 1 fully saturated rings. The Hall–Kier alpha value is -3.40. The lowest BCUT2D eigenvalue weighted by atomic mass is 9.93. The quantitative estimate of drug-likeness (QED) is 0.459. The third-order valence-electron chi connectivity index (χ3n) is 4.97. The van der Waals surface area contributed by atoms with Crippen molar-refractivity contribution in [3.63, 3.8) is 0 Å². The number of nitrogens with one attached hydrogen (secondary N) is 3. The van der Waals surface area contributed by atoms with Crippen molar-refractivity contribution in [2.45, 2.75) is 25.3 Å². The summed E-state index contributed by atoms with van der Waals surface area (Å²) in [4.78, 5) is 21.6. The van der Waals surface area contributed by atoms with Gasteiger partial charge in [0.2, 0.25) is 5.88 Å². The van der Waals surface area contributed by atoms with Gasteiger partial charge in [-0.25, -0.2) is 9.97 Å². The molecule has 0 bridgehead atoms. The third-order valence-corrected chi connectivity index (χ3v) is 4.97. The lowest BCUT2D eigenvalue weighted by Gasteiger charge is -2.26. The maximum absolute atomic E-state index is 12.7. The van der Waals surface area contributed by atoms with Gasteiger partial charge >= 0.3 is 0 Å². The number of aromatic nitrogens is 4. The van der Waals surface area contributed by atoms with Crippen molar-refractivity contribution in [3.8, 4) is 5.88 Å². The first-order valence-electron chi connectivity index (χ1n) is 9.90. The van der Waals surface area contributed by atoms with Crippen molar-refractivity contribution in [1.82, 2.24) is 24.9 Å². The van der Waals surface area contributed by atoms with E-state index in [4.69, 9.17) is 9.47 Å². The van der Waals surface area contributed by atoms with Crippen molar-refractivity contribution in [2.75, 3.05) is 38.0 Å². The van der Waals surface area contributed by atoms with Gasteiger partial charge in [-0.2, -0.15) is 9.61 Å². The second-order valence-electron chi connectivity index (χ2n) is 6.99. The number of anilines is 3. The van der Waals surface area contributed by atoms with E-state index in [1.807, 2.05) is 6.07 Å². The maximum Gasteiger partial charge on any atom is 0.256 e. The highest BCUT2D eigenvalue weighted by molar-refractivity contribution is 6.00. The lowest BCUT2D eigenvalue weighted by Crippen LogP contribution is -2.39. The smallest absolute Gasteiger partial charge is 0.256 e. The summed E-state index contributed by atoms with van der Waals surface area (Å²) >= 11 is 0. The van der Waals surface area contributed by atoms with Crippen LogP contribution in [0.3, 0.4) is 0 Å². The molecule has 1 aliphatic carbocycles. The summed E-state index contributed by atoms with van der Waals surface area (Å²) in [5.41, 5.74) is 1.56. The van der Waals surface area contributed by atoms with Gasteiger partial charge in [0.15, 0.2) is 5.65 Å². The van der Waals surface area contributed by atoms with Crippen molar-refractivity contribution in [2.24, 2.45) is 0 Å². The SMILES string of the molecule is CNc1cc(Nc2cccnc2OCCOC)nc2c(C(=O)NC3CCC3)cnn12. The first kappa shape index (κ1) is 19.9. The van der Waals surface area contributed by atoms with E-state index >= 15 is 0 Å². The van der Waals surface area contributed by atoms with Crippen LogP contribution < -0.4 is 20.7 Å². The van der Waals surface area contributed by atoms with E-state index in [2.05, 4.69) is 31.0 Å². The summed E-state index contributed by atoms with van der Waals surface area (Å²) < 4.78 is 12.3. The molecule has 0 saturated heterocycles. The largest absolute Gasteiger partial charge is 0.474 e. The van der Waals surface area contributed by atoms with Gasteiger partial charge in [-0.05, 0) is 31.4 Å². The van der Waals surface area contributed by atoms with Crippen LogP contribution in [0, 0.1) is 0 Å². The number of carbonyl (C=O) groups is 1. The minimum Gasteiger partial charge on any atom is -0.474 e. The monoisotopic (exact) mass is 411 g/mol. The molecule has 0 radical (unpaired) electrons. The van der Waals surface area contributed by atoms with E-state index in [0.717, 1.165) is 19.3 Å². The number of hydrogen-bond donors (Lipinski definition) is 3. The molecule has 0 atom stereocenters. The number of pyridine rings is 1. The topological polar surface area (TPSA) is 115 Å². The molecule has 0 aromatic carbocycles. The first-order valence-corrected chi connectivity index (χ1v) is 9.90. The fourth-order valence-corrected chi connectivity index (χ4v) is 3.14. The third kappa shape index (κ3) is 4.13. The molecule has 158 valence electrons. The molecule has 0 aliphatic heterocycles. The molecule has 10 heteroatoms. The van der Waals surface area contributed by atoms with Gasteiger partial charge < -0.3 is 25.4 Å². The fraction of sp³-hybridized carbons (Fsp3) is 0.400. The van der Waals surface area contributed by atoms with Crippen molar-refractivity contribution in [1.29, 1.82) is 0 Å². The summed E-state index contributed by atoms with van der Waals surface area (Å²) in [6, 6.07) is 5.69. The number of amides is 1. The molecule has 30 heavy (non-hydrogen) atoms. The van der Waals surface area contributed by atoms with Crippen LogP contribution in [0.5, 0.6) is 5.88 Å². The molecule has 3 heterocycles. The van der Waals surface area contributed by atoms with Crippen LogP contribution in [0.4, 0.5) is 17.3 Å². The van der Waals surface area contributed by atoms with E-state index in [9.17, 15) is 4.79 Å². The zero-order valence-electron chi connectivity index (χ0n) is 17.0. The Morgan fingerprint density at radius 2 is 2.20 bits per heavy atom. The molecule has 3 aromatic heterocycles. The number of carbonyl (C=O) groups excluding carboxylic acids is 1. The van der Waals surface area contributed by atoms with Crippen LogP contribution in [0.15, 0.2) is 30.6 Å². The van der Waals surface area contributed by atoms with Crippen molar-refractivity contribution in [3.05, 3.63) is 36.2 Å². The van der Waals surface area contributed by atoms with E-state index < -0.39 is 0 Å². The Morgan fingerprint density at radius 3 is 2.93 bits per heavy atom. The number of fused-ring (bicyclic) bond motifs is 1. The molecular formula is C20H25N7O3. The minimum absolute atomic E-state index is 0.161. The summed E-state index contributed by atoms with van der Waals surface area (Å²) in [7, 11) is 3.40. The molecule has 4 rings (SSSR count). The number of ether oxygens (including phenoxy) is 2. The zero-order valence-corrected chi connectivity index (χ0v) is 17.0. The normalized spacial score (nSPS) is 13.7. The zero-order chi connectivity index (χ0) is 20.9. The Morgan fingerprint density at radius 1 is 1.33 bits per heavy atom. The summed E-state index contributed by atoms with van der Waals surface area (Å²) in [6.07, 6.45) is 6.38. The van der Waals surface area contributed by atoms with E-state index in [-0.39, 0.29) is 11.9 Å². The summed E-state index contributed by atoms with van der Waals surface area (Å²) in [5.74, 6) is 1.51. The van der Waals surface area contributed by atoms with Gasteiger partial charge in [0.05, 0.1) is 12.8 Å². The van der Waals surface area contributed by atoms with Crippen LogP contribution in [-0.4, -0.2) is 58.9 Å². The highest BCUT2D eigenvalue weighted by Gasteiger charge is 2.23. The predicted molar refractivity (Wildman–Crippen MR) is 113 cm³/mol. The van der Waals surface area contributed by atoms with Crippen molar-refractivity contribution < 1.29 is 14.3 Å².